The van der Waals surface area contributed by atoms with Crippen molar-refractivity contribution in [3.8, 4) is 11.5 Å². The summed E-state index contributed by atoms with van der Waals surface area (Å²) in [5.41, 5.74) is 2.75. The lowest BCUT2D eigenvalue weighted by molar-refractivity contribution is 0.101. The van der Waals surface area contributed by atoms with Gasteiger partial charge in [0.25, 0.3) is 0 Å². The van der Waals surface area contributed by atoms with Crippen molar-refractivity contribution in [2.24, 2.45) is 0 Å². The fourth-order valence-corrected chi connectivity index (χ4v) is 4.20. The molecule has 158 valence electrons. The molecule has 5 rings (SSSR count). The molecule has 0 spiro atoms. The van der Waals surface area contributed by atoms with Gasteiger partial charge in [-0.3, -0.25) is 9.78 Å². The van der Waals surface area contributed by atoms with Gasteiger partial charge in [0.15, 0.2) is 5.76 Å². The van der Waals surface area contributed by atoms with Gasteiger partial charge in [0, 0.05) is 34.4 Å². The van der Waals surface area contributed by atoms with Crippen molar-refractivity contribution < 1.29 is 9.21 Å². The number of hydrogen-bond acceptors (Lipinski definition) is 4. The number of ketones is 1. The average molecular weight is 483 g/mol. The van der Waals surface area contributed by atoms with Crippen molar-refractivity contribution in [2.75, 3.05) is 0 Å². The van der Waals surface area contributed by atoms with E-state index in [2.05, 4.69) is 9.97 Å². The average Bonchev–Trinajstić information content (AvgIpc) is 3.39. The quantitative estimate of drug-likeness (QED) is 0.255. The summed E-state index contributed by atoms with van der Waals surface area (Å²) in [6.45, 7) is 0.457. The molecule has 8 heteroatoms. The van der Waals surface area contributed by atoms with E-state index in [0.717, 1.165) is 11.1 Å². The van der Waals surface area contributed by atoms with E-state index in [1.165, 1.54) is 6.20 Å². The van der Waals surface area contributed by atoms with Crippen molar-refractivity contribution in [2.45, 2.75) is 6.54 Å². The van der Waals surface area contributed by atoms with Crippen LogP contribution in [0.15, 0.2) is 77.6 Å². The van der Waals surface area contributed by atoms with E-state index in [9.17, 15) is 4.79 Å². The molecular formula is C24H14Cl3N3O2. The third-order valence-electron chi connectivity index (χ3n) is 5.08. The summed E-state index contributed by atoms with van der Waals surface area (Å²) in [6.07, 6.45) is 4.66. The maximum absolute atomic E-state index is 13.4. The van der Waals surface area contributed by atoms with Crippen LogP contribution in [0.2, 0.25) is 15.2 Å². The number of rotatable bonds is 5. The van der Waals surface area contributed by atoms with Gasteiger partial charge in [-0.25, -0.2) is 4.98 Å². The standard InChI is InChI=1S/C24H14Cl3N3O2/c25-16-5-3-14(4-6-16)13-30-19-8-7-17(26)10-18(19)21(23(30)27)22(31)20-12-29-24(32-20)15-2-1-9-28-11-15/h1-12H,13H2. The smallest absolute Gasteiger partial charge is 0.233 e. The third-order valence-corrected chi connectivity index (χ3v) is 5.96. The molecular weight excluding hydrogens is 469 g/mol. The number of aromatic nitrogens is 3. The predicted octanol–water partition coefficient (Wildman–Crippen LogP) is 6.93. The minimum atomic E-state index is -0.375. The van der Waals surface area contributed by atoms with E-state index in [1.807, 2.05) is 34.9 Å². The van der Waals surface area contributed by atoms with Crippen molar-refractivity contribution in [1.29, 1.82) is 0 Å². The fourth-order valence-electron chi connectivity index (χ4n) is 3.56. The summed E-state index contributed by atoms with van der Waals surface area (Å²) in [7, 11) is 0. The summed E-state index contributed by atoms with van der Waals surface area (Å²) in [5.74, 6) is 0.0107. The maximum atomic E-state index is 13.4. The highest BCUT2D eigenvalue weighted by Crippen LogP contribution is 2.35. The Labute approximate surface area is 198 Å². The van der Waals surface area contributed by atoms with Crippen LogP contribution in [0.5, 0.6) is 0 Å². The highest BCUT2D eigenvalue weighted by molar-refractivity contribution is 6.37. The molecule has 0 unspecified atom stereocenters. The summed E-state index contributed by atoms with van der Waals surface area (Å²) in [6, 6.07) is 16.4. The van der Waals surface area contributed by atoms with Gasteiger partial charge in [-0.2, -0.15) is 0 Å². The van der Waals surface area contributed by atoms with E-state index in [4.69, 9.17) is 39.2 Å². The van der Waals surface area contributed by atoms with Crippen LogP contribution in [0.25, 0.3) is 22.4 Å². The minimum Gasteiger partial charge on any atom is -0.433 e. The normalized spacial score (nSPS) is 11.2. The Morgan fingerprint density at radius 1 is 0.969 bits per heavy atom. The highest BCUT2D eigenvalue weighted by Gasteiger charge is 2.26. The Balaban J connectivity index is 1.60. The Kier molecular flexibility index (Phi) is 5.47. The molecule has 0 amide bonds. The zero-order valence-electron chi connectivity index (χ0n) is 16.4. The van der Waals surface area contributed by atoms with Crippen LogP contribution in [0.1, 0.15) is 21.7 Å². The van der Waals surface area contributed by atoms with Gasteiger partial charge in [-0.15, -0.1) is 0 Å². The first-order chi connectivity index (χ1) is 15.5. The summed E-state index contributed by atoms with van der Waals surface area (Å²) in [4.78, 5) is 21.7. The van der Waals surface area contributed by atoms with Crippen molar-refractivity contribution in [3.63, 3.8) is 0 Å². The summed E-state index contributed by atoms with van der Waals surface area (Å²) < 4.78 is 7.61. The number of halogens is 3. The van der Waals surface area contributed by atoms with Crippen LogP contribution in [0.3, 0.4) is 0 Å². The monoisotopic (exact) mass is 481 g/mol. The molecule has 3 aromatic heterocycles. The van der Waals surface area contributed by atoms with Crippen molar-refractivity contribution >= 4 is 51.5 Å². The third kappa shape index (κ3) is 3.79. The number of hydrogen-bond donors (Lipinski definition) is 0. The first-order valence-electron chi connectivity index (χ1n) is 9.64. The lowest BCUT2D eigenvalue weighted by Crippen LogP contribution is -2.03. The molecule has 3 heterocycles. The lowest BCUT2D eigenvalue weighted by Gasteiger charge is -2.08. The molecule has 2 aromatic carbocycles. The van der Waals surface area contributed by atoms with Gasteiger partial charge < -0.3 is 8.98 Å². The van der Waals surface area contributed by atoms with Crippen molar-refractivity contribution in [3.05, 3.63) is 105 Å². The van der Waals surface area contributed by atoms with E-state index in [0.29, 0.717) is 44.1 Å². The Hall–Kier alpha value is -3.12. The first kappa shape index (κ1) is 20.8. The first-order valence-corrected chi connectivity index (χ1v) is 10.8. The molecule has 5 aromatic rings. The number of fused-ring (bicyclic) bond motifs is 1. The molecule has 0 bridgehead atoms. The van der Waals surface area contributed by atoms with Gasteiger partial charge in [0.05, 0.1) is 22.8 Å². The van der Waals surface area contributed by atoms with Crippen LogP contribution >= 0.6 is 34.8 Å². The zero-order valence-corrected chi connectivity index (χ0v) is 18.7. The molecule has 5 nitrogen and oxygen atoms in total. The SMILES string of the molecule is O=C(c1cnc(-c2cccnc2)o1)c1c(Cl)n(Cc2ccc(Cl)cc2)c2ccc(Cl)cc12. The molecule has 0 N–H and O–H groups in total. The van der Waals surface area contributed by atoms with Gasteiger partial charge in [-0.1, -0.05) is 46.9 Å². The largest absolute Gasteiger partial charge is 0.433 e. The van der Waals surface area contributed by atoms with Gasteiger partial charge in [-0.05, 0) is 48.0 Å². The second-order valence-corrected chi connectivity index (χ2v) is 8.37. The van der Waals surface area contributed by atoms with Crippen molar-refractivity contribution in [1.82, 2.24) is 14.5 Å². The highest BCUT2D eigenvalue weighted by atomic mass is 35.5. The maximum Gasteiger partial charge on any atom is 0.233 e. The number of oxazole rings is 1. The van der Waals surface area contributed by atoms with E-state index >= 15 is 0 Å². The number of carbonyl (C=O) groups is 1. The molecule has 0 saturated carbocycles. The second-order valence-electron chi connectivity index (χ2n) is 7.14. The Morgan fingerprint density at radius 3 is 2.50 bits per heavy atom. The van der Waals surface area contributed by atoms with E-state index < -0.39 is 0 Å². The second kappa shape index (κ2) is 8.43. The van der Waals surface area contributed by atoms with Crippen LogP contribution in [-0.2, 0) is 6.54 Å². The fraction of sp³-hybridized carbons (Fsp3) is 0.0417. The molecule has 0 saturated heterocycles. The van der Waals surface area contributed by atoms with E-state index in [-0.39, 0.29) is 11.5 Å². The summed E-state index contributed by atoms with van der Waals surface area (Å²) >= 11 is 19.0. The van der Waals surface area contributed by atoms with Gasteiger partial charge >= 0.3 is 0 Å². The van der Waals surface area contributed by atoms with Crippen LogP contribution in [0, 0.1) is 0 Å². The number of carbonyl (C=O) groups excluding carboxylic acids is 1. The lowest BCUT2D eigenvalue weighted by atomic mass is 10.1. The van der Waals surface area contributed by atoms with Gasteiger partial charge in [0.2, 0.25) is 11.7 Å². The Morgan fingerprint density at radius 2 is 1.75 bits per heavy atom. The molecule has 0 aliphatic rings. The number of pyridine rings is 1. The van der Waals surface area contributed by atoms with Crippen LogP contribution in [-0.4, -0.2) is 20.3 Å². The molecule has 32 heavy (non-hydrogen) atoms. The topological polar surface area (TPSA) is 60.9 Å². The van der Waals surface area contributed by atoms with Gasteiger partial charge in [0.1, 0.15) is 5.15 Å². The number of nitrogens with zero attached hydrogens (tertiary/aromatic N) is 3. The predicted molar refractivity (Wildman–Crippen MR) is 126 cm³/mol. The van der Waals surface area contributed by atoms with Crippen LogP contribution < -0.4 is 0 Å². The molecule has 0 aliphatic heterocycles. The van der Waals surface area contributed by atoms with Crippen LogP contribution in [0.4, 0.5) is 0 Å². The molecule has 0 aliphatic carbocycles. The summed E-state index contributed by atoms with van der Waals surface area (Å²) in [5, 5.41) is 2.08. The molecule has 0 radical (unpaired) electrons. The Bertz CT molecular complexity index is 1440. The number of benzene rings is 2. The minimum absolute atomic E-state index is 0.0799. The zero-order chi connectivity index (χ0) is 22.2. The van der Waals surface area contributed by atoms with E-state index in [1.54, 1.807) is 36.7 Å². The molecule has 0 fully saturated rings. The molecule has 0 atom stereocenters.